The minimum Gasteiger partial charge on any atom is -0.372 e. The highest BCUT2D eigenvalue weighted by Crippen LogP contribution is 2.36. The lowest BCUT2D eigenvalue weighted by atomic mass is 9.80. The lowest BCUT2D eigenvalue weighted by Crippen LogP contribution is -2.40. The van der Waals surface area contributed by atoms with Gasteiger partial charge in [0.25, 0.3) is 0 Å². The molecule has 1 saturated heterocycles. The van der Waals surface area contributed by atoms with Crippen LogP contribution < -0.4 is 5.32 Å². The van der Waals surface area contributed by atoms with Crippen molar-refractivity contribution < 1.29 is 4.74 Å². The molecule has 0 bridgehead atoms. The van der Waals surface area contributed by atoms with Gasteiger partial charge in [0.05, 0.1) is 11.7 Å². The van der Waals surface area contributed by atoms with Crippen molar-refractivity contribution >= 4 is 0 Å². The Balaban J connectivity index is 1.82. The van der Waals surface area contributed by atoms with E-state index >= 15 is 0 Å². The lowest BCUT2D eigenvalue weighted by Gasteiger charge is -2.34. The van der Waals surface area contributed by atoms with E-state index in [2.05, 4.69) is 26.1 Å². The van der Waals surface area contributed by atoms with Gasteiger partial charge in [-0.15, -0.1) is 0 Å². The standard InChI is InChI=1S/C16H31NO/c1-4-11-17-15-8-6-5-7-13(15)12-14-9-10-16(2,3)18-14/h13-15,17H,4-12H2,1-3H3. The van der Waals surface area contributed by atoms with E-state index in [1.165, 1.54) is 57.9 Å². The smallest absolute Gasteiger partial charge is 0.0631 e. The molecule has 0 aromatic rings. The van der Waals surface area contributed by atoms with Gasteiger partial charge < -0.3 is 10.1 Å². The Bertz CT molecular complexity index is 251. The van der Waals surface area contributed by atoms with Gasteiger partial charge in [0.15, 0.2) is 0 Å². The van der Waals surface area contributed by atoms with Crippen LogP contribution in [0.25, 0.3) is 0 Å². The highest BCUT2D eigenvalue weighted by molar-refractivity contribution is 4.87. The second-order valence-electron chi connectivity index (χ2n) is 6.88. The fourth-order valence-electron chi connectivity index (χ4n) is 3.67. The average Bonchev–Trinajstić information content (AvgIpc) is 2.68. The van der Waals surface area contributed by atoms with Crippen LogP contribution in [-0.4, -0.2) is 24.3 Å². The maximum atomic E-state index is 6.18. The summed E-state index contributed by atoms with van der Waals surface area (Å²) in [7, 11) is 0. The molecule has 0 spiro atoms. The first kappa shape index (κ1) is 14.3. The third kappa shape index (κ3) is 3.96. The zero-order valence-electron chi connectivity index (χ0n) is 12.5. The topological polar surface area (TPSA) is 21.3 Å². The maximum Gasteiger partial charge on any atom is 0.0631 e. The van der Waals surface area contributed by atoms with Gasteiger partial charge in [-0.05, 0) is 64.8 Å². The van der Waals surface area contributed by atoms with Crippen molar-refractivity contribution in [2.75, 3.05) is 6.54 Å². The van der Waals surface area contributed by atoms with Gasteiger partial charge in [0.1, 0.15) is 0 Å². The Morgan fingerprint density at radius 1 is 1.17 bits per heavy atom. The first-order valence-corrected chi connectivity index (χ1v) is 8.02. The third-order valence-corrected chi connectivity index (χ3v) is 4.69. The molecule has 0 radical (unpaired) electrons. The largest absolute Gasteiger partial charge is 0.372 e. The molecule has 3 atom stereocenters. The van der Waals surface area contributed by atoms with Crippen molar-refractivity contribution in [2.24, 2.45) is 5.92 Å². The summed E-state index contributed by atoms with van der Waals surface area (Å²) in [6.45, 7) is 7.91. The Kier molecular flexibility index (Phi) is 5.08. The summed E-state index contributed by atoms with van der Waals surface area (Å²) in [6, 6.07) is 0.756. The van der Waals surface area contributed by atoms with Gasteiger partial charge >= 0.3 is 0 Å². The fraction of sp³-hybridized carbons (Fsp3) is 1.00. The zero-order valence-corrected chi connectivity index (χ0v) is 12.5. The van der Waals surface area contributed by atoms with Gasteiger partial charge in [-0.1, -0.05) is 19.8 Å². The summed E-state index contributed by atoms with van der Waals surface area (Å²) < 4.78 is 6.18. The van der Waals surface area contributed by atoms with Crippen molar-refractivity contribution in [3.63, 3.8) is 0 Å². The van der Waals surface area contributed by atoms with E-state index in [9.17, 15) is 0 Å². The first-order chi connectivity index (χ1) is 8.61. The molecule has 1 aliphatic heterocycles. The summed E-state index contributed by atoms with van der Waals surface area (Å²) in [4.78, 5) is 0. The van der Waals surface area contributed by atoms with Crippen LogP contribution in [0.5, 0.6) is 0 Å². The maximum absolute atomic E-state index is 6.18. The molecule has 0 amide bonds. The molecular weight excluding hydrogens is 222 g/mol. The molecule has 18 heavy (non-hydrogen) atoms. The van der Waals surface area contributed by atoms with Crippen LogP contribution in [-0.2, 0) is 4.74 Å². The van der Waals surface area contributed by atoms with Crippen LogP contribution in [0.3, 0.4) is 0 Å². The number of hydrogen-bond acceptors (Lipinski definition) is 2. The van der Waals surface area contributed by atoms with E-state index in [0.717, 1.165) is 12.0 Å². The molecule has 1 N–H and O–H groups in total. The third-order valence-electron chi connectivity index (χ3n) is 4.69. The van der Waals surface area contributed by atoms with Crippen molar-refractivity contribution in [1.29, 1.82) is 0 Å². The Hall–Kier alpha value is -0.0800. The quantitative estimate of drug-likeness (QED) is 0.802. The monoisotopic (exact) mass is 253 g/mol. The molecule has 1 heterocycles. The van der Waals surface area contributed by atoms with Gasteiger partial charge in [0, 0.05) is 6.04 Å². The summed E-state index contributed by atoms with van der Waals surface area (Å²) in [5.41, 5.74) is 0.131. The van der Waals surface area contributed by atoms with Crippen molar-refractivity contribution in [1.82, 2.24) is 5.32 Å². The Labute approximate surface area is 113 Å². The summed E-state index contributed by atoms with van der Waals surface area (Å²) in [6.07, 6.45) is 11.2. The Morgan fingerprint density at radius 3 is 2.61 bits per heavy atom. The SMILES string of the molecule is CCCNC1CCCCC1CC1CCC(C)(C)O1. The number of rotatable bonds is 5. The number of nitrogens with one attached hydrogen (secondary N) is 1. The Morgan fingerprint density at radius 2 is 1.94 bits per heavy atom. The molecule has 106 valence electrons. The first-order valence-electron chi connectivity index (χ1n) is 8.02. The van der Waals surface area contributed by atoms with Gasteiger partial charge in [-0.3, -0.25) is 0 Å². The minimum absolute atomic E-state index is 0.131. The van der Waals surface area contributed by atoms with Gasteiger partial charge in [-0.2, -0.15) is 0 Å². The van der Waals surface area contributed by atoms with Crippen LogP contribution in [0.1, 0.15) is 72.1 Å². The number of hydrogen-bond donors (Lipinski definition) is 1. The zero-order chi connectivity index (χ0) is 13.0. The van der Waals surface area contributed by atoms with Crippen molar-refractivity contribution in [3.8, 4) is 0 Å². The highest BCUT2D eigenvalue weighted by atomic mass is 16.5. The normalized spacial score (nSPS) is 35.8. The van der Waals surface area contributed by atoms with Crippen LogP contribution in [0, 0.1) is 5.92 Å². The minimum atomic E-state index is 0.131. The fourth-order valence-corrected chi connectivity index (χ4v) is 3.67. The molecule has 2 fully saturated rings. The predicted octanol–water partition coefficient (Wildman–Crippen LogP) is 3.89. The molecule has 2 aliphatic rings. The second-order valence-corrected chi connectivity index (χ2v) is 6.88. The van der Waals surface area contributed by atoms with Crippen LogP contribution in [0.15, 0.2) is 0 Å². The lowest BCUT2D eigenvalue weighted by molar-refractivity contribution is -0.0287. The van der Waals surface area contributed by atoms with E-state index in [1.807, 2.05) is 0 Å². The molecule has 3 unspecified atom stereocenters. The summed E-state index contributed by atoms with van der Waals surface area (Å²) >= 11 is 0. The van der Waals surface area contributed by atoms with E-state index < -0.39 is 0 Å². The average molecular weight is 253 g/mol. The second kappa shape index (κ2) is 6.38. The van der Waals surface area contributed by atoms with Gasteiger partial charge in [-0.25, -0.2) is 0 Å². The number of ether oxygens (including phenoxy) is 1. The predicted molar refractivity (Wildman–Crippen MR) is 76.8 cm³/mol. The van der Waals surface area contributed by atoms with E-state index in [-0.39, 0.29) is 5.60 Å². The molecule has 1 saturated carbocycles. The molecule has 0 aromatic carbocycles. The molecular formula is C16H31NO. The molecule has 2 nitrogen and oxygen atoms in total. The molecule has 0 aromatic heterocycles. The summed E-state index contributed by atoms with van der Waals surface area (Å²) in [5, 5.41) is 3.76. The van der Waals surface area contributed by atoms with Crippen LogP contribution in [0.4, 0.5) is 0 Å². The van der Waals surface area contributed by atoms with E-state index in [4.69, 9.17) is 4.74 Å². The molecule has 1 aliphatic carbocycles. The van der Waals surface area contributed by atoms with Crippen LogP contribution >= 0.6 is 0 Å². The van der Waals surface area contributed by atoms with Gasteiger partial charge in [0.2, 0.25) is 0 Å². The summed E-state index contributed by atoms with van der Waals surface area (Å²) in [5.74, 6) is 0.851. The van der Waals surface area contributed by atoms with Crippen LogP contribution in [0.2, 0.25) is 0 Å². The van der Waals surface area contributed by atoms with E-state index in [0.29, 0.717) is 6.10 Å². The van der Waals surface area contributed by atoms with Crippen molar-refractivity contribution in [3.05, 3.63) is 0 Å². The highest BCUT2D eigenvalue weighted by Gasteiger charge is 2.35. The van der Waals surface area contributed by atoms with E-state index in [1.54, 1.807) is 0 Å². The molecule has 2 heteroatoms. The van der Waals surface area contributed by atoms with Crippen molar-refractivity contribution in [2.45, 2.75) is 89.9 Å². The molecule has 2 rings (SSSR count).